The lowest BCUT2D eigenvalue weighted by molar-refractivity contribution is 0.0703. The largest absolute Gasteiger partial charge is 0.494 e. The van der Waals surface area contributed by atoms with Gasteiger partial charge in [0.15, 0.2) is 0 Å². The van der Waals surface area contributed by atoms with Gasteiger partial charge in [0.05, 0.1) is 18.9 Å². The highest BCUT2D eigenvalue weighted by molar-refractivity contribution is 5.94. The van der Waals surface area contributed by atoms with Crippen LogP contribution in [-0.4, -0.2) is 55.6 Å². The van der Waals surface area contributed by atoms with Gasteiger partial charge in [-0.3, -0.25) is 4.79 Å². The smallest absolute Gasteiger partial charge is 0.257 e. The topological polar surface area (TPSA) is 78.1 Å². The van der Waals surface area contributed by atoms with E-state index in [0.717, 1.165) is 30.9 Å². The SMILES string of the molecule is COc1ccccc1-n1cc(C(=O)N2CCCC(c3nncn3C)C2)cn1. The summed E-state index contributed by atoms with van der Waals surface area (Å²) in [7, 11) is 3.56. The number of benzene rings is 1. The Morgan fingerprint density at radius 1 is 1.30 bits per heavy atom. The minimum Gasteiger partial charge on any atom is -0.494 e. The summed E-state index contributed by atoms with van der Waals surface area (Å²) in [6.07, 6.45) is 7.03. The molecule has 1 saturated heterocycles. The molecule has 3 aromatic rings. The molecular formula is C19H22N6O2. The first-order valence-corrected chi connectivity index (χ1v) is 8.98. The highest BCUT2D eigenvalue weighted by Crippen LogP contribution is 2.27. The maximum Gasteiger partial charge on any atom is 0.257 e. The maximum absolute atomic E-state index is 13.0. The molecule has 0 radical (unpaired) electrons. The molecule has 8 heteroatoms. The molecule has 0 bridgehead atoms. The molecule has 1 aliphatic rings. The zero-order valence-electron chi connectivity index (χ0n) is 15.4. The highest BCUT2D eigenvalue weighted by Gasteiger charge is 2.28. The van der Waals surface area contributed by atoms with Crippen molar-refractivity contribution in [2.24, 2.45) is 7.05 Å². The van der Waals surface area contributed by atoms with E-state index in [1.165, 1.54) is 0 Å². The average molecular weight is 366 g/mol. The van der Waals surface area contributed by atoms with Crippen molar-refractivity contribution in [3.8, 4) is 11.4 Å². The van der Waals surface area contributed by atoms with Crippen molar-refractivity contribution in [3.63, 3.8) is 0 Å². The van der Waals surface area contributed by atoms with E-state index in [9.17, 15) is 4.79 Å². The summed E-state index contributed by atoms with van der Waals surface area (Å²) >= 11 is 0. The molecule has 1 unspecified atom stereocenters. The maximum atomic E-state index is 13.0. The number of aryl methyl sites for hydroxylation is 1. The van der Waals surface area contributed by atoms with Gasteiger partial charge in [-0.15, -0.1) is 10.2 Å². The number of methoxy groups -OCH3 is 1. The molecule has 27 heavy (non-hydrogen) atoms. The normalized spacial score (nSPS) is 17.1. The minimum atomic E-state index is -0.0111. The van der Waals surface area contributed by atoms with Crippen molar-refractivity contribution >= 4 is 5.91 Å². The molecule has 1 aromatic carbocycles. The number of amides is 1. The van der Waals surface area contributed by atoms with E-state index >= 15 is 0 Å². The van der Waals surface area contributed by atoms with Gasteiger partial charge in [0.25, 0.3) is 5.91 Å². The molecule has 2 aromatic heterocycles. The van der Waals surface area contributed by atoms with Crippen LogP contribution in [0.3, 0.4) is 0 Å². The van der Waals surface area contributed by atoms with Gasteiger partial charge < -0.3 is 14.2 Å². The Kier molecular flexibility index (Phi) is 4.62. The molecular weight excluding hydrogens is 344 g/mol. The summed E-state index contributed by atoms with van der Waals surface area (Å²) in [5.41, 5.74) is 1.37. The zero-order valence-corrected chi connectivity index (χ0v) is 15.4. The lowest BCUT2D eigenvalue weighted by atomic mass is 9.97. The molecule has 1 aliphatic heterocycles. The lowest BCUT2D eigenvalue weighted by Crippen LogP contribution is -2.39. The van der Waals surface area contributed by atoms with E-state index in [2.05, 4.69) is 15.3 Å². The zero-order chi connectivity index (χ0) is 18.8. The van der Waals surface area contributed by atoms with E-state index in [1.807, 2.05) is 40.8 Å². The molecule has 1 atom stereocenters. The molecule has 4 rings (SSSR count). The quantitative estimate of drug-likeness (QED) is 0.706. The van der Waals surface area contributed by atoms with E-state index in [0.29, 0.717) is 17.9 Å². The number of para-hydroxylation sites is 2. The van der Waals surface area contributed by atoms with Crippen molar-refractivity contribution in [2.75, 3.05) is 20.2 Å². The molecule has 140 valence electrons. The van der Waals surface area contributed by atoms with Crippen molar-refractivity contribution in [2.45, 2.75) is 18.8 Å². The fourth-order valence-electron chi connectivity index (χ4n) is 3.60. The summed E-state index contributed by atoms with van der Waals surface area (Å²) in [4.78, 5) is 14.9. The Balaban J connectivity index is 1.53. The number of carbonyl (C=O) groups excluding carboxylic acids is 1. The Morgan fingerprint density at radius 3 is 2.93 bits per heavy atom. The molecule has 1 amide bonds. The van der Waals surface area contributed by atoms with Crippen LogP contribution >= 0.6 is 0 Å². The number of hydrogen-bond acceptors (Lipinski definition) is 5. The lowest BCUT2D eigenvalue weighted by Gasteiger charge is -2.31. The van der Waals surface area contributed by atoms with Crippen LogP contribution in [0.2, 0.25) is 0 Å². The highest BCUT2D eigenvalue weighted by atomic mass is 16.5. The number of carbonyl (C=O) groups is 1. The van der Waals surface area contributed by atoms with Crippen LogP contribution in [0.4, 0.5) is 0 Å². The third-order valence-electron chi connectivity index (χ3n) is 4.98. The fraction of sp³-hybridized carbons (Fsp3) is 0.368. The summed E-state index contributed by atoms with van der Waals surface area (Å²) in [6, 6.07) is 7.59. The van der Waals surface area contributed by atoms with Gasteiger partial charge in [-0.05, 0) is 25.0 Å². The molecule has 0 spiro atoms. The molecule has 3 heterocycles. The van der Waals surface area contributed by atoms with Gasteiger partial charge in [-0.25, -0.2) is 4.68 Å². The number of hydrogen-bond donors (Lipinski definition) is 0. The third kappa shape index (κ3) is 3.30. The Hall–Kier alpha value is -3.16. The van der Waals surface area contributed by atoms with Crippen molar-refractivity contribution in [1.29, 1.82) is 0 Å². The van der Waals surface area contributed by atoms with Gasteiger partial charge >= 0.3 is 0 Å². The number of ether oxygens (including phenoxy) is 1. The minimum absolute atomic E-state index is 0.0111. The third-order valence-corrected chi connectivity index (χ3v) is 4.98. The van der Waals surface area contributed by atoms with E-state index in [-0.39, 0.29) is 11.8 Å². The summed E-state index contributed by atoms with van der Waals surface area (Å²) in [5.74, 6) is 1.83. The van der Waals surface area contributed by atoms with E-state index < -0.39 is 0 Å². The van der Waals surface area contributed by atoms with Crippen molar-refractivity contribution in [1.82, 2.24) is 29.4 Å². The van der Waals surface area contributed by atoms with Crippen LogP contribution in [0.5, 0.6) is 5.75 Å². The Morgan fingerprint density at radius 2 is 2.15 bits per heavy atom. The van der Waals surface area contributed by atoms with Gasteiger partial charge in [-0.1, -0.05) is 12.1 Å². The Bertz CT molecular complexity index is 947. The molecule has 8 nitrogen and oxygen atoms in total. The van der Waals surface area contributed by atoms with Gasteiger partial charge in [0.1, 0.15) is 23.6 Å². The van der Waals surface area contributed by atoms with Gasteiger partial charge in [0, 0.05) is 32.3 Å². The molecule has 0 saturated carbocycles. The van der Waals surface area contributed by atoms with Crippen LogP contribution in [0.1, 0.15) is 34.9 Å². The van der Waals surface area contributed by atoms with Crippen LogP contribution < -0.4 is 4.74 Å². The van der Waals surface area contributed by atoms with Crippen LogP contribution in [0.15, 0.2) is 43.0 Å². The van der Waals surface area contributed by atoms with Crippen LogP contribution in [-0.2, 0) is 7.05 Å². The van der Waals surface area contributed by atoms with Crippen LogP contribution in [0.25, 0.3) is 5.69 Å². The second-order valence-corrected chi connectivity index (χ2v) is 6.74. The summed E-state index contributed by atoms with van der Waals surface area (Å²) < 4.78 is 8.99. The number of likely N-dealkylation sites (tertiary alicyclic amines) is 1. The fourth-order valence-corrected chi connectivity index (χ4v) is 3.60. The van der Waals surface area contributed by atoms with Crippen LogP contribution in [0, 0.1) is 0 Å². The first-order chi connectivity index (χ1) is 13.2. The van der Waals surface area contributed by atoms with E-state index in [4.69, 9.17) is 4.74 Å². The van der Waals surface area contributed by atoms with Crippen molar-refractivity contribution in [3.05, 3.63) is 54.4 Å². The first-order valence-electron chi connectivity index (χ1n) is 8.98. The van der Waals surface area contributed by atoms with E-state index in [1.54, 1.807) is 30.5 Å². The number of rotatable bonds is 4. The summed E-state index contributed by atoms with van der Waals surface area (Å²) in [6.45, 7) is 1.39. The standard InChI is InChI=1S/C19H22N6O2/c1-23-13-20-22-18(23)14-6-5-9-24(11-14)19(26)15-10-21-25(12-15)16-7-3-4-8-17(16)27-2/h3-4,7-8,10,12-14H,5-6,9,11H2,1-2H3. The second-order valence-electron chi connectivity index (χ2n) is 6.74. The number of aromatic nitrogens is 5. The van der Waals surface area contributed by atoms with Gasteiger partial charge in [0.2, 0.25) is 0 Å². The predicted molar refractivity (Wildman–Crippen MR) is 99.0 cm³/mol. The predicted octanol–water partition coefficient (Wildman–Crippen LogP) is 2.03. The van der Waals surface area contributed by atoms with Crippen molar-refractivity contribution < 1.29 is 9.53 Å². The number of piperidine rings is 1. The molecule has 1 fully saturated rings. The number of nitrogens with zero attached hydrogens (tertiary/aromatic N) is 6. The second kappa shape index (κ2) is 7.22. The monoisotopic (exact) mass is 366 g/mol. The first kappa shape index (κ1) is 17.3. The summed E-state index contributed by atoms with van der Waals surface area (Å²) in [5, 5.41) is 12.5. The average Bonchev–Trinajstić information content (AvgIpc) is 3.36. The molecule has 0 aliphatic carbocycles. The van der Waals surface area contributed by atoms with Gasteiger partial charge in [-0.2, -0.15) is 5.10 Å². The molecule has 0 N–H and O–H groups in total. The Labute approximate surface area is 157 Å².